The van der Waals surface area contributed by atoms with Gasteiger partial charge in [-0.05, 0) is 13.3 Å². The van der Waals surface area contributed by atoms with Crippen molar-refractivity contribution in [3.05, 3.63) is 0 Å². The smallest absolute Gasteiger partial charge is 0.232 e. The molecule has 0 radical (unpaired) electrons. The molecule has 0 aliphatic carbocycles. The van der Waals surface area contributed by atoms with E-state index in [-0.39, 0.29) is 23.5 Å². The van der Waals surface area contributed by atoms with E-state index in [0.717, 1.165) is 6.42 Å². The Morgan fingerprint density at radius 3 is 2.60 bits per heavy atom. The van der Waals surface area contributed by atoms with Crippen LogP contribution in [-0.4, -0.2) is 50.6 Å². The molecule has 15 heavy (non-hydrogen) atoms. The van der Waals surface area contributed by atoms with Crippen molar-refractivity contribution in [1.82, 2.24) is 5.32 Å². The number of carbonyl (C=O) groups excluding carboxylic acids is 1. The van der Waals surface area contributed by atoms with Crippen LogP contribution in [0.15, 0.2) is 0 Å². The number of rotatable bonds is 7. The molecule has 3 unspecified atom stereocenters. The molecule has 5 nitrogen and oxygen atoms in total. The van der Waals surface area contributed by atoms with Crippen molar-refractivity contribution in [3.8, 4) is 0 Å². The molecule has 0 aliphatic rings. The van der Waals surface area contributed by atoms with Gasteiger partial charge in [0.05, 0.1) is 18.5 Å². The molecule has 0 fully saturated rings. The molecule has 0 bridgehead atoms. The van der Waals surface area contributed by atoms with E-state index in [9.17, 15) is 9.00 Å². The number of carbonyl (C=O) groups is 1. The predicted octanol–water partition coefficient (Wildman–Crippen LogP) is -0.997. The summed E-state index contributed by atoms with van der Waals surface area (Å²) in [4.78, 5) is 11.2. The van der Waals surface area contributed by atoms with Crippen molar-refractivity contribution in [2.75, 3.05) is 18.1 Å². The largest absolute Gasteiger partial charge is 0.394 e. The minimum Gasteiger partial charge on any atom is -0.394 e. The molecule has 0 aromatic heterocycles. The van der Waals surface area contributed by atoms with Gasteiger partial charge in [-0.3, -0.25) is 9.00 Å². The molecule has 0 heterocycles. The monoisotopic (exact) mass is 237 g/mol. The van der Waals surface area contributed by atoms with E-state index in [2.05, 4.69) is 5.32 Å². The number of nitrogens with one attached hydrogen (secondary N) is 1. The highest BCUT2D eigenvalue weighted by molar-refractivity contribution is 7.85. The van der Waals surface area contributed by atoms with Crippen molar-refractivity contribution in [2.24, 2.45) is 0 Å². The van der Waals surface area contributed by atoms with Crippen LogP contribution in [0.3, 0.4) is 0 Å². The second-order valence-corrected chi connectivity index (χ2v) is 4.97. The minimum atomic E-state index is -1.42. The van der Waals surface area contributed by atoms with Crippen molar-refractivity contribution >= 4 is 16.7 Å². The lowest BCUT2D eigenvalue weighted by molar-refractivity contribution is -0.119. The van der Waals surface area contributed by atoms with Crippen LogP contribution in [0.1, 0.15) is 20.3 Å². The fourth-order valence-electron chi connectivity index (χ4n) is 0.891. The van der Waals surface area contributed by atoms with Crippen LogP contribution in [0.25, 0.3) is 0 Å². The Hall–Kier alpha value is -0.460. The second-order valence-electron chi connectivity index (χ2n) is 3.46. The minimum absolute atomic E-state index is 0.0651. The van der Waals surface area contributed by atoms with Gasteiger partial charge < -0.3 is 15.5 Å². The van der Waals surface area contributed by atoms with Crippen molar-refractivity contribution < 1.29 is 19.2 Å². The maximum atomic E-state index is 11.3. The quantitative estimate of drug-likeness (QED) is 0.530. The third-order valence-electron chi connectivity index (χ3n) is 1.90. The van der Waals surface area contributed by atoms with Crippen LogP contribution in [0.5, 0.6) is 0 Å². The normalized spacial score (nSPS) is 16.8. The third-order valence-corrected chi connectivity index (χ3v) is 3.24. The zero-order valence-electron chi connectivity index (χ0n) is 9.10. The van der Waals surface area contributed by atoms with E-state index in [1.54, 1.807) is 0 Å². The first-order valence-electron chi connectivity index (χ1n) is 4.92. The zero-order chi connectivity index (χ0) is 11.8. The SMILES string of the molecule is CCC(C)NC(=O)CS(=O)CC(O)CO. The number of amides is 1. The van der Waals surface area contributed by atoms with Crippen LogP contribution in [0, 0.1) is 0 Å². The molecule has 1 amide bonds. The lowest BCUT2D eigenvalue weighted by Crippen LogP contribution is -2.36. The number of hydrogen-bond acceptors (Lipinski definition) is 4. The van der Waals surface area contributed by atoms with E-state index in [1.165, 1.54) is 0 Å². The molecule has 90 valence electrons. The summed E-state index contributed by atoms with van der Waals surface area (Å²) in [6, 6.07) is 0.0669. The predicted molar refractivity (Wildman–Crippen MR) is 58.9 cm³/mol. The molecular formula is C9H19NO4S. The molecule has 3 atom stereocenters. The number of aliphatic hydroxyl groups excluding tert-OH is 2. The summed E-state index contributed by atoms with van der Waals surface area (Å²) < 4.78 is 11.3. The van der Waals surface area contributed by atoms with Gasteiger partial charge in [-0.15, -0.1) is 0 Å². The molecular weight excluding hydrogens is 218 g/mol. The summed E-state index contributed by atoms with van der Waals surface area (Å²) in [6.45, 7) is 3.37. The van der Waals surface area contributed by atoms with Crippen molar-refractivity contribution in [1.29, 1.82) is 0 Å². The highest BCUT2D eigenvalue weighted by Gasteiger charge is 2.13. The van der Waals surface area contributed by atoms with Gasteiger partial charge in [0.25, 0.3) is 0 Å². The van der Waals surface area contributed by atoms with Crippen molar-refractivity contribution in [3.63, 3.8) is 0 Å². The van der Waals surface area contributed by atoms with E-state index in [1.807, 2.05) is 13.8 Å². The number of aliphatic hydroxyl groups is 2. The zero-order valence-corrected chi connectivity index (χ0v) is 9.92. The molecule has 0 aromatic rings. The van der Waals surface area contributed by atoms with Gasteiger partial charge in [0.1, 0.15) is 5.75 Å². The fourth-order valence-corrected chi connectivity index (χ4v) is 1.92. The van der Waals surface area contributed by atoms with E-state index in [0.29, 0.717) is 0 Å². The topological polar surface area (TPSA) is 86.6 Å². The number of hydrogen-bond donors (Lipinski definition) is 3. The molecule has 0 aliphatic heterocycles. The summed E-state index contributed by atoms with van der Waals surface area (Å²) in [7, 11) is -1.42. The van der Waals surface area contributed by atoms with Gasteiger partial charge in [0.15, 0.2) is 0 Å². The molecule has 3 N–H and O–H groups in total. The molecule has 0 spiro atoms. The van der Waals surface area contributed by atoms with Gasteiger partial charge >= 0.3 is 0 Å². The Balaban J connectivity index is 3.81. The van der Waals surface area contributed by atoms with Gasteiger partial charge in [0, 0.05) is 16.8 Å². The summed E-state index contributed by atoms with van der Waals surface area (Å²) in [5.41, 5.74) is 0. The molecule has 0 saturated heterocycles. The Labute approximate surface area is 92.3 Å². The van der Waals surface area contributed by atoms with Gasteiger partial charge in [0.2, 0.25) is 5.91 Å². The first-order valence-corrected chi connectivity index (χ1v) is 6.41. The average Bonchev–Trinajstić information content (AvgIpc) is 2.16. The lowest BCUT2D eigenvalue weighted by atomic mass is 10.3. The van der Waals surface area contributed by atoms with Crippen LogP contribution in [-0.2, 0) is 15.6 Å². The van der Waals surface area contributed by atoms with E-state index in [4.69, 9.17) is 10.2 Å². The third kappa shape index (κ3) is 7.47. The van der Waals surface area contributed by atoms with Gasteiger partial charge in [-0.1, -0.05) is 6.92 Å². The second kappa shape index (κ2) is 7.78. The maximum Gasteiger partial charge on any atom is 0.232 e. The van der Waals surface area contributed by atoms with Gasteiger partial charge in [-0.25, -0.2) is 0 Å². The Morgan fingerprint density at radius 2 is 2.13 bits per heavy atom. The Kier molecular flexibility index (Phi) is 7.54. The first-order chi connectivity index (χ1) is 6.99. The van der Waals surface area contributed by atoms with E-state index >= 15 is 0 Å². The van der Waals surface area contributed by atoms with Crippen LogP contribution < -0.4 is 5.32 Å². The van der Waals surface area contributed by atoms with Gasteiger partial charge in [-0.2, -0.15) is 0 Å². The average molecular weight is 237 g/mol. The standard InChI is InChI=1S/C9H19NO4S/c1-3-7(2)10-9(13)6-15(14)5-8(12)4-11/h7-8,11-12H,3-6H2,1-2H3,(H,10,13). The summed E-state index contributed by atoms with van der Waals surface area (Å²) >= 11 is 0. The molecule has 0 rings (SSSR count). The highest BCUT2D eigenvalue weighted by Crippen LogP contribution is 1.92. The summed E-state index contributed by atoms with van der Waals surface area (Å²) in [5.74, 6) is -0.473. The van der Waals surface area contributed by atoms with Crippen LogP contribution >= 0.6 is 0 Å². The van der Waals surface area contributed by atoms with E-state index < -0.39 is 23.5 Å². The molecule has 0 aromatic carbocycles. The molecule has 0 saturated carbocycles. The van der Waals surface area contributed by atoms with Crippen LogP contribution in [0.2, 0.25) is 0 Å². The van der Waals surface area contributed by atoms with Crippen molar-refractivity contribution in [2.45, 2.75) is 32.4 Å². The molecule has 6 heteroatoms. The Morgan fingerprint density at radius 1 is 1.53 bits per heavy atom. The highest BCUT2D eigenvalue weighted by atomic mass is 32.2. The fraction of sp³-hybridized carbons (Fsp3) is 0.889. The first kappa shape index (κ1) is 14.5. The maximum absolute atomic E-state index is 11.3. The Bertz CT molecular complexity index is 200. The summed E-state index contributed by atoms with van der Waals surface area (Å²) in [6.07, 6.45) is -0.195. The van der Waals surface area contributed by atoms with Crippen LogP contribution in [0.4, 0.5) is 0 Å². The lowest BCUT2D eigenvalue weighted by Gasteiger charge is -2.11. The summed E-state index contributed by atoms with van der Waals surface area (Å²) in [5, 5.41) is 20.2.